The zero-order chi connectivity index (χ0) is 13.3. The van der Waals surface area contributed by atoms with Crippen molar-refractivity contribution in [3.63, 3.8) is 0 Å². The summed E-state index contributed by atoms with van der Waals surface area (Å²) >= 11 is 1.75. The molecule has 18 heavy (non-hydrogen) atoms. The zero-order valence-electron chi connectivity index (χ0n) is 11.2. The maximum Gasteiger partial charge on any atom is 0.0900 e. The van der Waals surface area contributed by atoms with Crippen LogP contribution in [0, 0.1) is 20.8 Å². The summed E-state index contributed by atoms with van der Waals surface area (Å²) in [6.07, 6.45) is 0. The number of aryl methyl sites for hydroxylation is 3. The van der Waals surface area contributed by atoms with Crippen LogP contribution in [0.2, 0.25) is 0 Å². The van der Waals surface area contributed by atoms with E-state index in [9.17, 15) is 0 Å². The molecule has 4 heteroatoms. The lowest BCUT2D eigenvalue weighted by atomic mass is 10.1. The summed E-state index contributed by atoms with van der Waals surface area (Å²) in [4.78, 5) is 5.75. The Morgan fingerprint density at radius 2 is 1.94 bits per heavy atom. The van der Waals surface area contributed by atoms with Crippen molar-refractivity contribution in [2.24, 2.45) is 0 Å². The predicted octanol–water partition coefficient (Wildman–Crippen LogP) is 3.82. The number of hydrogen-bond acceptors (Lipinski definition) is 4. The molecule has 2 aromatic rings. The van der Waals surface area contributed by atoms with Gasteiger partial charge in [0, 0.05) is 16.3 Å². The summed E-state index contributed by atoms with van der Waals surface area (Å²) in [7, 11) is 0. The first-order valence-corrected chi connectivity index (χ1v) is 6.85. The number of aromatic nitrogens is 1. The molecule has 0 saturated heterocycles. The van der Waals surface area contributed by atoms with Crippen molar-refractivity contribution in [2.75, 3.05) is 11.1 Å². The number of hydrogen-bond donors (Lipinski definition) is 2. The molecule has 0 bridgehead atoms. The molecule has 1 unspecified atom stereocenters. The molecule has 0 saturated carbocycles. The minimum absolute atomic E-state index is 0.248. The van der Waals surface area contributed by atoms with Gasteiger partial charge in [0.2, 0.25) is 0 Å². The topological polar surface area (TPSA) is 50.9 Å². The van der Waals surface area contributed by atoms with Crippen molar-refractivity contribution < 1.29 is 0 Å². The van der Waals surface area contributed by atoms with Gasteiger partial charge < -0.3 is 11.1 Å². The van der Waals surface area contributed by atoms with Gasteiger partial charge in [0.15, 0.2) is 0 Å². The highest BCUT2D eigenvalue weighted by Crippen LogP contribution is 2.28. The Morgan fingerprint density at radius 3 is 2.50 bits per heavy atom. The Kier molecular flexibility index (Phi) is 3.57. The standard InChI is InChI=1S/C14H19N3S/c1-8-5-12(15)7-13(6-8)17-10(3)14-9(2)16-11(4)18-14/h5-7,10,17H,15H2,1-4H3. The van der Waals surface area contributed by atoms with E-state index in [4.69, 9.17) is 5.73 Å². The number of nitrogens with zero attached hydrogens (tertiary/aromatic N) is 1. The Morgan fingerprint density at radius 1 is 1.22 bits per heavy atom. The lowest BCUT2D eigenvalue weighted by Gasteiger charge is -2.15. The number of nitrogens with one attached hydrogen (secondary N) is 1. The van der Waals surface area contributed by atoms with Crippen LogP contribution in [0.15, 0.2) is 18.2 Å². The van der Waals surface area contributed by atoms with E-state index in [0.29, 0.717) is 0 Å². The molecule has 0 fully saturated rings. The molecule has 3 N–H and O–H groups in total. The van der Waals surface area contributed by atoms with E-state index in [1.165, 1.54) is 10.4 Å². The first kappa shape index (κ1) is 12.9. The quantitative estimate of drug-likeness (QED) is 0.826. The lowest BCUT2D eigenvalue weighted by Crippen LogP contribution is -2.06. The first-order valence-electron chi connectivity index (χ1n) is 6.03. The largest absolute Gasteiger partial charge is 0.399 e. The van der Waals surface area contributed by atoms with Crippen LogP contribution in [0.4, 0.5) is 11.4 Å². The van der Waals surface area contributed by atoms with Gasteiger partial charge in [0.05, 0.1) is 16.7 Å². The fraction of sp³-hybridized carbons (Fsp3) is 0.357. The number of nitrogens with two attached hydrogens (primary N) is 1. The van der Waals surface area contributed by atoms with Crippen molar-refractivity contribution in [3.05, 3.63) is 39.3 Å². The molecule has 1 aromatic heterocycles. The number of thiazole rings is 1. The van der Waals surface area contributed by atoms with Gasteiger partial charge in [-0.2, -0.15) is 0 Å². The van der Waals surface area contributed by atoms with Gasteiger partial charge in [-0.1, -0.05) is 0 Å². The van der Waals surface area contributed by atoms with Crippen molar-refractivity contribution in [2.45, 2.75) is 33.7 Å². The summed E-state index contributed by atoms with van der Waals surface area (Å²) in [6, 6.07) is 6.29. The Bertz CT molecular complexity index is 540. The lowest BCUT2D eigenvalue weighted by molar-refractivity contribution is 0.889. The molecule has 0 aliphatic rings. The van der Waals surface area contributed by atoms with Gasteiger partial charge >= 0.3 is 0 Å². The van der Waals surface area contributed by atoms with Gasteiger partial charge in [-0.05, 0) is 51.5 Å². The van der Waals surface area contributed by atoms with Crippen LogP contribution in [0.25, 0.3) is 0 Å². The molecule has 96 valence electrons. The van der Waals surface area contributed by atoms with E-state index in [0.717, 1.165) is 22.1 Å². The SMILES string of the molecule is Cc1cc(N)cc(NC(C)c2sc(C)nc2C)c1. The molecule has 1 heterocycles. The average Bonchev–Trinajstić information content (AvgIpc) is 2.56. The molecule has 2 rings (SSSR count). The Labute approximate surface area is 112 Å². The predicted molar refractivity (Wildman–Crippen MR) is 79.2 cm³/mol. The highest BCUT2D eigenvalue weighted by atomic mass is 32.1. The number of nitrogen functional groups attached to an aromatic ring is 1. The monoisotopic (exact) mass is 261 g/mol. The van der Waals surface area contributed by atoms with Crippen molar-refractivity contribution in [3.8, 4) is 0 Å². The van der Waals surface area contributed by atoms with E-state index in [-0.39, 0.29) is 6.04 Å². The van der Waals surface area contributed by atoms with Gasteiger partial charge in [-0.25, -0.2) is 4.98 Å². The third kappa shape index (κ3) is 2.82. The smallest absolute Gasteiger partial charge is 0.0900 e. The van der Waals surface area contributed by atoms with E-state index in [1.807, 2.05) is 26.0 Å². The van der Waals surface area contributed by atoms with Crippen LogP contribution < -0.4 is 11.1 Å². The number of benzene rings is 1. The van der Waals surface area contributed by atoms with E-state index in [2.05, 4.69) is 30.2 Å². The van der Waals surface area contributed by atoms with Crippen molar-refractivity contribution in [1.82, 2.24) is 4.98 Å². The average molecular weight is 261 g/mol. The molecule has 0 spiro atoms. The third-order valence-electron chi connectivity index (χ3n) is 2.82. The van der Waals surface area contributed by atoms with Crippen molar-refractivity contribution >= 4 is 22.7 Å². The fourth-order valence-corrected chi connectivity index (χ4v) is 3.09. The van der Waals surface area contributed by atoms with Crippen LogP contribution in [0.3, 0.4) is 0 Å². The van der Waals surface area contributed by atoms with Crippen LogP contribution in [0.1, 0.15) is 34.1 Å². The summed E-state index contributed by atoms with van der Waals surface area (Å²) in [5, 5.41) is 4.60. The summed E-state index contributed by atoms with van der Waals surface area (Å²) < 4.78 is 0. The number of anilines is 2. The minimum Gasteiger partial charge on any atom is -0.399 e. The molecule has 0 aliphatic carbocycles. The van der Waals surface area contributed by atoms with Crippen LogP contribution >= 0.6 is 11.3 Å². The maximum atomic E-state index is 5.86. The molecule has 0 amide bonds. The maximum absolute atomic E-state index is 5.86. The summed E-state index contributed by atoms with van der Waals surface area (Å²) in [5.74, 6) is 0. The van der Waals surface area contributed by atoms with Crippen LogP contribution in [-0.4, -0.2) is 4.98 Å². The number of rotatable bonds is 3. The highest BCUT2D eigenvalue weighted by molar-refractivity contribution is 7.11. The molecular weight excluding hydrogens is 242 g/mol. The second-order valence-electron chi connectivity index (χ2n) is 4.68. The van der Waals surface area contributed by atoms with Gasteiger partial charge in [-0.3, -0.25) is 0 Å². The summed E-state index contributed by atoms with van der Waals surface area (Å²) in [5.41, 5.74) is 9.99. The third-order valence-corrected chi connectivity index (χ3v) is 4.07. The van der Waals surface area contributed by atoms with E-state index >= 15 is 0 Å². The molecular formula is C14H19N3S. The Balaban J connectivity index is 2.20. The summed E-state index contributed by atoms with van der Waals surface area (Å²) in [6.45, 7) is 8.30. The molecule has 0 radical (unpaired) electrons. The normalized spacial score (nSPS) is 12.4. The first-order chi connectivity index (χ1) is 8.45. The minimum atomic E-state index is 0.248. The van der Waals surface area contributed by atoms with Crippen molar-refractivity contribution in [1.29, 1.82) is 0 Å². The Hall–Kier alpha value is -1.55. The second-order valence-corrected chi connectivity index (χ2v) is 5.92. The zero-order valence-corrected chi connectivity index (χ0v) is 12.1. The van der Waals surface area contributed by atoms with E-state index < -0.39 is 0 Å². The van der Waals surface area contributed by atoms with Gasteiger partial charge in [-0.15, -0.1) is 11.3 Å². The van der Waals surface area contributed by atoms with Gasteiger partial charge in [0.25, 0.3) is 0 Å². The van der Waals surface area contributed by atoms with Gasteiger partial charge in [0.1, 0.15) is 0 Å². The van der Waals surface area contributed by atoms with Crippen LogP contribution in [-0.2, 0) is 0 Å². The molecule has 0 aliphatic heterocycles. The molecule has 3 nitrogen and oxygen atoms in total. The highest BCUT2D eigenvalue weighted by Gasteiger charge is 2.12. The van der Waals surface area contributed by atoms with E-state index in [1.54, 1.807) is 11.3 Å². The molecule has 1 aromatic carbocycles. The second kappa shape index (κ2) is 4.98. The molecule has 1 atom stereocenters. The van der Waals surface area contributed by atoms with Crippen LogP contribution in [0.5, 0.6) is 0 Å². The fourth-order valence-electron chi connectivity index (χ4n) is 2.16.